The van der Waals surface area contributed by atoms with Crippen LogP contribution in [-0.2, 0) is 129 Å². The van der Waals surface area contributed by atoms with Gasteiger partial charge in [-0.25, -0.2) is 0 Å². The predicted octanol–water partition coefficient (Wildman–Crippen LogP) is 13.0. The molecule has 774 valence electrons. The number of unbranched alkanes of at least 4 members (excludes halogenated alkanes) is 10. The van der Waals surface area contributed by atoms with Crippen LogP contribution in [0.25, 0.3) is 0 Å². The number of likely N-dealkylation sites (tertiary alicyclic amines) is 1. The number of methoxy groups -OCH3 is 1. The van der Waals surface area contributed by atoms with Crippen LogP contribution in [0.15, 0.2) is 0 Å². The van der Waals surface area contributed by atoms with Crippen LogP contribution in [-0.4, -0.2) is 248 Å². The normalized spacial score (nSPS) is 27.4. The van der Waals surface area contributed by atoms with Crippen molar-refractivity contribution in [2.75, 3.05) is 92.7 Å². The highest BCUT2D eigenvalue weighted by Crippen LogP contribution is 2.41. The molecule has 33 nitrogen and oxygen atoms in total. The number of esters is 5. The molecule has 0 aromatic rings. The summed E-state index contributed by atoms with van der Waals surface area (Å²) in [7, 11) is 1.54. The predicted molar refractivity (Wildman–Crippen MR) is 506 cm³/mol. The molecule has 5 rings (SSSR count). The molecule has 25 atom stereocenters. The molecule has 5 saturated heterocycles. The molecule has 33 heteroatoms. The van der Waals surface area contributed by atoms with Gasteiger partial charge in [0.05, 0.1) is 62.2 Å². The van der Waals surface area contributed by atoms with Gasteiger partial charge in [-0.1, -0.05) is 115 Å². The molecule has 5 aliphatic rings. The Morgan fingerprint density at radius 2 is 0.733 bits per heavy atom. The van der Waals surface area contributed by atoms with Gasteiger partial charge in [-0.3, -0.25) is 62.3 Å². The minimum absolute atomic E-state index is 0.00459. The maximum absolute atomic E-state index is 15.0. The van der Waals surface area contributed by atoms with E-state index in [2.05, 4.69) is 110 Å². The third-order valence-corrected chi connectivity index (χ3v) is 29.2. The summed E-state index contributed by atoms with van der Waals surface area (Å²) in [6.45, 7) is 35.4. The zero-order valence-electron chi connectivity index (χ0n) is 85.2. The van der Waals surface area contributed by atoms with Gasteiger partial charge in [-0.15, -0.1) is 0 Å². The maximum atomic E-state index is 15.0. The van der Waals surface area contributed by atoms with Gasteiger partial charge >= 0.3 is 29.8 Å². The lowest BCUT2D eigenvalue weighted by Crippen LogP contribution is -2.47. The topological polar surface area (TPSA) is 422 Å². The minimum Gasteiger partial charge on any atom is -0.463 e. The zero-order valence-corrected chi connectivity index (χ0v) is 85.2. The van der Waals surface area contributed by atoms with E-state index in [1.54, 1.807) is 4.90 Å². The van der Waals surface area contributed by atoms with Crippen molar-refractivity contribution in [1.29, 1.82) is 0 Å². The molecule has 135 heavy (non-hydrogen) atoms. The monoisotopic (exact) mass is 1920 g/mol. The number of carbonyl (C=O) groups is 14. The van der Waals surface area contributed by atoms with Gasteiger partial charge in [-0.05, 0) is 169 Å². The average molecular weight is 1920 g/mol. The summed E-state index contributed by atoms with van der Waals surface area (Å²) in [6.07, 6.45) is 9.65. The average Bonchev–Trinajstić information content (AvgIpc) is 1.78. The Kier molecular flexibility index (Phi) is 57.0. The molecular formula is C102H174N6O27. The number of amides is 6. The summed E-state index contributed by atoms with van der Waals surface area (Å²) in [4.78, 5) is 185. The van der Waals surface area contributed by atoms with E-state index in [1.807, 2.05) is 0 Å². The number of rotatable bonds is 67. The second-order valence-electron chi connectivity index (χ2n) is 39.7. The largest absolute Gasteiger partial charge is 0.463 e. The third-order valence-electron chi connectivity index (χ3n) is 29.2. The van der Waals surface area contributed by atoms with E-state index in [9.17, 15) is 62.3 Å². The SMILES string of the molecule is COC[C@@H]1C[C@@H](OC(=O)CCC(C)=O)CN1C(=O)CCCCCNC(=O)C(CCCCNC(=O)C(CCCCNC(=O)CCCCC[C@@H]1OC(COC(C)=O)[C@H](C)[C@H](C)C1C)CC(=O)CCCCO[C@@H]1OC(COC(C)=O)[C@H](C)[C@H](C)C1C)CC(=O)C(CCCCNC(=O)CCCCO[C@@H]1OC(COC(C)=O)[C@H](C)[C@H](C)C1C)NC(=O)CCCCO[C@@H]1OC(COC(C)=O)[C@H](C)[C@H](C)C1C. The van der Waals surface area contributed by atoms with Crippen LogP contribution in [0.5, 0.6) is 0 Å². The number of ether oxygens (including phenoxy) is 13. The van der Waals surface area contributed by atoms with Gasteiger partial charge in [0.15, 0.2) is 24.7 Å². The Morgan fingerprint density at radius 3 is 1.18 bits per heavy atom. The first-order valence-electron chi connectivity index (χ1n) is 51.2. The van der Waals surface area contributed by atoms with Crippen molar-refractivity contribution in [3.63, 3.8) is 0 Å². The summed E-state index contributed by atoms with van der Waals surface area (Å²) >= 11 is 0. The molecule has 0 aliphatic carbocycles. The highest BCUT2D eigenvalue weighted by Gasteiger charge is 2.45. The Bertz CT molecular complexity index is 3590. The van der Waals surface area contributed by atoms with E-state index < -0.39 is 54.8 Å². The molecule has 5 fully saturated rings. The van der Waals surface area contributed by atoms with Crippen LogP contribution < -0.4 is 26.6 Å². The fourth-order valence-corrected chi connectivity index (χ4v) is 18.9. The fraction of sp³-hybridized carbons (Fsp3) is 0.863. The summed E-state index contributed by atoms with van der Waals surface area (Å²) in [5, 5.41) is 15.2. The molecule has 5 aliphatic heterocycles. The molecule has 0 aromatic carbocycles. The maximum Gasteiger partial charge on any atom is 0.306 e. The summed E-state index contributed by atoms with van der Waals surface area (Å²) in [6, 6.07) is -1.31. The first-order chi connectivity index (χ1) is 64.3. The van der Waals surface area contributed by atoms with Crippen molar-refractivity contribution in [2.45, 2.75) is 391 Å². The van der Waals surface area contributed by atoms with E-state index in [-0.39, 0.29) is 290 Å². The Balaban J connectivity index is 1.26. The molecule has 0 aromatic heterocycles. The van der Waals surface area contributed by atoms with Gasteiger partial charge in [-0.2, -0.15) is 0 Å². The van der Waals surface area contributed by atoms with Crippen molar-refractivity contribution in [3.05, 3.63) is 0 Å². The van der Waals surface area contributed by atoms with Crippen LogP contribution in [0.4, 0.5) is 0 Å². The van der Waals surface area contributed by atoms with E-state index in [0.29, 0.717) is 160 Å². The van der Waals surface area contributed by atoms with Crippen LogP contribution in [0.3, 0.4) is 0 Å². The number of ketones is 3. The standard InChI is InChI=1S/C102H174N6O27/c1-64(109)46-47-97(120)131-85-57-83(59-123-18)108(58-85)96(119)45-23-20-30-50-105-99(122)82(56-87(115)86(107-95(118)44-29-36-54-126-102-76(13)68(5)73(10)92(135-102)63-130-80(17)113)40-26-33-49-104-94(117)43-28-35-53-125-101-75(12)67(4)72(9)91(134-101)62-129-79(16)112)38-25-32-51-106-98(121)81(55-84(114)39-27-34-52-124-100-74(11)66(3)71(8)90(133-100)61-128-78(15)111)37-24-31-48-103-93(116)42-22-19-21-41-88-69(6)65(2)70(7)89(132-88)60-127-77(14)110/h65-76,81-83,85-86,88-92,100-102H,19-63H2,1-18H3,(H,103,116)(H,104,117)(H,105,122)(H,106,121)(H,107,118)/t65-,66+,67+,68+,69?,70-,71-,72-,73-,74?,75?,76?,81?,82?,83+,85-,86?,88+,89?,90?,91?,92?,100-,101-,102-/m1/s1. The minimum atomic E-state index is -0.999. The number of nitrogens with one attached hydrogen (secondary N) is 5. The van der Waals surface area contributed by atoms with E-state index >= 15 is 4.79 Å². The fourth-order valence-electron chi connectivity index (χ4n) is 18.9. The van der Waals surface area contributed by atoms with E-state index in [4.69, 9.17) is 61.6 Å². The van der Waals surface area contributed by atoms with Gasteiger partial charge in [0.2, 0.25) is 35.4 Å². The first-order valence-corrected chi connectivity index (χ1v) is 51.2. The van der Waals surface area contributed by atoms with Crippen molar-refractivity contribution < 1.29 is 129 Å². The Morgan fingerprint density at radius 1 is 0.356 bits per heavy atom. The first kappa shape index (κ1) is 118. The van der Waals surface area contributed by atoms with Crippen LogP contribution in [0.2, 0.25) is 0 Å². The highest BCUT2D eigenvalue weighted by molar-refractivity contribution is 5.92. The molecule has 0 spiro atoms. The number of nitrogens with zero attached hydrogens (tertiary/aromatic N) is 1. The quantitative estimate of drug-likeness (QED) is 0.0214. The van der Waals surface area contributed by atoms with E-state index in [0.717, 1.165) is 19.3 Å². The summed E-state index contributed by atoms with van der Waals surface area (Å²) in [5.74, 6) is -3.27. The van der Waals surface area contributed by atoms with Crippen LogP contribution in [0, 0.1) is 82.9 Å². The molecule has 11 unspecified atom stereocenters. The van der Waals surface area contributed by atoms with Gasteiger partial charge < -0.3 is 97.9 Å². The van der Waals surface area contributed by atoms with Crippen molar-refractivity contribution in [3.8, 4) is 0 Å². The molecule has 0 saturated carbocycles. The zero-order chi connectivity index (χ0) is 99.6. The lowest BCUT2D eigenvalue weighted by atomic mass is 9.75. The van der Waals surface area contributed by atoms with Gasteiger partial charge in [0.25, 0.3) is 0 Å². The molecule has 6 amide bonds. The molecule has 5 heterocycles. The van der Waals surface area contributed by atoms with Crippen LogP contribution >= 0.6 is 0 Å². The van der Waals surface area contributed by atoms with Gasteiger partial charge in [0.1, 0.15) is 44.1 Å². The second kappa shape index (κ2) is 65.0. The third kappa shape index (κ3) is 44.9. The second-order valence-corrected chi connectivity index (χ2v) is 39.7. The number of hydrogen-bond donors (Lipinski definition) is 5. The van der Waals surface area contributed by atoms with E-state index in [1.165, 1.54) is 41.7 Å². The van der Waals surface area contributed by atoms with Crippen molar-refractivity contribution >= 4 is 82.6 Å². The molecular weight excluding hydrogens is 1740 g/mol. The molecule has 0 bridgehead atoms. The number of Topliss-reactive ketones (excluding diaryl/α,β-unsaturated/α-hetero) is 3. The van der Waals surface area contributed by atoms with Crippen LogP contribution in [0.1, 0.15) is 323 Å². The molecule has 0 radical (unpaired) electrons. The van der Waals surface area contributed by atoms with Crippen molar-refractivity contribution in [2.24, 2.45) is 82.9 Å². The number of hydrogen-bond acceptors (Lipinski definition) is 27. The van der Waals surface area contributed by atoms with Crippen molar-refractivity contribution in [1.82, 2.24) is 31.5 Å². The lowest BCUT2D eigenvalue weighted by molar-refractivity contribution is -0.255. The number of carbonyl (C=O) groups excluding carboxylic acids is 14. The molecule has 5 N–H and O–H groups in total. The Hall–Kier alpha value is -7.14. The summed E-state index contributed by atoms with van der Waals surface area (Å²) < 4.78 is 76.3. The Labute approximate surface area is 805 Å². The highest BCUT2D eigenvalue weighted by atomic mass is 16.7. The summed E-state index contributed by atoms with van der Waals surface area (Å²) in [5.41, 5.74) is 0. The lowest BCUT2D eigenvalue weighted by Gasteiger charge is -2.43. The van der Waals surface area contributed by atoms with Gasteiger partial charge in [0, 0.05) is 168 Å². The smallest absolute Gasteiger partial charge is 0.306 e.